The van der Waals surface area contributed by atoms with Gasteiger partial charge in [0.25, 0.3) is 5.91 Å². The van der Waals surface area contributed by atoms with Crippen LogP contribution >= 0.6 is 11.6 Å². The number of nitrogens with one attached hydrogen (secondary N) is 2. The Kier molecular flexibility index (Phi) is 18.5. The first kappa shape index (κ1) is 44.0. The number of rotatable bonds is 22. The first-order valence-electron chi connectivity index (χ1n) is 20.1. The largest absolute Gasteiger partial charge is 0.492 e. The first-order chi connectivity index (χ1) is 26.0. The van der Waals surface area contributed by atoms with E-state index < -0.39 is 31.0 Å². The molecule has 9 N–H and O–H groups in total. The predicted octanol–water partition coefficient (Wildman–Crippen LogP) is 2.13. The molecule has 3 amide bonds. The van der Waals surface area contributed by atoms with Crippen molar-refractivity contribution in [2.24, 2.45) is 5.92 Å². The fraction of sp³-hybridized carbons (Fsp3) is 0.769. The zero-order valence-corrected chi connectivity index (χ0v) is 32.5. The fourth-order valence-corrected chi connectivity index (χ4v) is 8.06. The highest BCUT2D eigenvalue weighted by Gasteiger charge is 2.31. The van der Waals surface area contributed by atoms with E-state index in [4.69, 9.17) is 27.2 Å². The number of likely N-dealkylation sites (tertiary alicyclic amines) is 2. The van der Waals surface area contributed by atoms with E-state index >= 15 is 0 Å². The van der Waals surface area contributed by atoms with Crippen molar-refractivity contribution in [1.29, 1.82) is 0 Å². The lowest BCUT2D eigenvalue weighted by Gasteiger charge is -2.40. The van der Waals surface area contributed by atoms with Crippen molar-refractivity contribution in [3.8, 4) is 5.75 Å². The number of carbonyl (C=O) groups is 3. The average Bonchev–Trinajstić information content (AvgIpc) is 3.68. The predicted molar refractivity (Wildman–Crippen MR) is 206 cm³/mol. The lowest BCUT2D eigenvalue weighted by molar-refractivity contribution is -0.132. The highest BCUT2D eigenvalue weighted by molar-refractivity contribution is 6.33. The number of nitrogens with zero attached hydrogens (tertiary/aromatic N) is 2. The number of aliphatic hydroxyl groups excluding tert-OH is 5. The van der Waals surface area contributed by atoms with Crippen molar-refractivity contribution in [3.63, 3.8) is 0 Å². The van der Waals surface area contributed by atoms with E-state index in [1.807, 2.05) is 4.90 Å². The SMILES string of the molecule is Nc1c(Cl)cc(C(=O)NCC2CCCCN2CC2CCN(C(=O)CCCCCCCCCCC(=O)NCC(O)C(O)C(O)C(O)CO)CC2)c2c1CCO2. The molecule has 3 heterocycles. The number of amides is 3. The number of nitrogen functional groups attached to an aromatic ring is 1. The third-order valence-electron chi connectivity index (χ3n) is 11.3. The van der Waals surface area contributed by atoms with Gasteiger partial charge in [-0.2, -0.15) is 0 Å². The summed E-state index contributed by atoms with van der Waals surface area (Å²) in [6.07, 6.45) is 8.21. The number of aliphatic hydroxyl groups is 5. The van der Waals surface area contributed by atoms with Gasteiger partial charge in [-0.05, 0) is 57.1 Å². The Morgan fingerprint density at radius 1 is 0.870 bits per heavy atom. The molecule has 14 nitrogen and oxygen atoms in total. The van der Waals surface area contributed by atoms with E-state index in [1.54, 1.807) is 6.07 Å². The maximum atomic E-state index is 13.2. The maximum absolute atomic E-state index is 13.2. The summed E-state index contributed by atoms with van der Waals surface area (Å²) in [7, 11) is 0. The Hall–Kier alpha value is -2.72. The van der Waals surface area contributed by atoms with Gasteiger partial charge in [0.15, 0.2) is 0 Å². The van der Waals surface area contributed by atoms with Crippen LogP contribution in [0, 0.1) is 5.92 Å². The van der Waals surface area contributed by atoms with E-state index in [0.717, 1.165) is 109 Å². The number of fused-ring (bicyclic) bond motifs is 1. The zero-order valence-electron chi connectivity index (χ0n) is 31.7. The lowest BCUT2D eigenvalue weighted by atomic mass is 9.93. The molecule has 2 fully saturated rings. The van der Waals surface area contributed by atoms with Crippen LogP contribution in [0.3, 0.4) is 0 Å². The summed E-state index contributed by atoms with van der Waals surface area (Å²) < 4.78 is 5.74. The van der Waals surface area contributed by atoms with Crippen molar-refractivity contribution in [1.82, 2.24) is 20.4 Å². The summed E-state index contributed by atoms with van der Waals surface area (Å²) in [6.45, 7) is 3.67. The number of carbonyl (C=O) groups excluding carboxylic acids is 3. The van der Waals surface area contributed by atoms with E-state index in [-0.39, 0.29) is 30.3 Å². The van der Waals surface area contributed by atoms with E-state index in [1.165, 1.54) is 0 Å². The number of anilines is 1. The molecule has 3 aliphatic heterocycles. The molecule has 4 rings (SSSR count). The summed E-state index contributed by atoms with van der Waals surface area (Å²) in [5, 5.41) is 53.6. The lowest BCUT2D eigenvalue weighted by Crippen LogP contribution is -2.49. The molecular formula is C39H64ClN5O9. The minimum Gasteiger partial charge on any atom is -0.492 e. The Morgan fingerprint density at radius 2 is 1.52 bits per heavy atom. The molecule has 2 saturated heterocycles. The number of ether oxygens (including phenoxy) is 1. The Labute approximate surface area is 324 Å². The molecule has 0 radical (unpaired) electrons. The number of nitrogens with two attached hydrogens (primary N) is 1. The van der Waals surface area contributed by atoms with Crippen molar-refractivity contribution >= 4 is 35.0 Å². The van der Waals surface area contributed by atoms with E-state index in [9.17, 15) is 34.8 Å². The zero-order chi connectivity index (χ0) is 39.0. The van der Waals surface area contributed by atoms with Crippen molar-refractivity contribution in [2.75, 3.05) is 58.2 Å². The number of hydrogen-bond donors (Lipinski definition) is 8. The van der Waals surface area contributed by atoms with Crippen LogP contribution in [-0.2, 0) is 16.0 Å². The normalized spacial score (nSPS) is 20.1. The number of benzene rings is 1. The van der Waals surface area contributed by atoms with Gasteiger partial charge in [0.2, 0.25) is 11.8 Å². The van der Waals surface area contributed by atoms with Crippen LogP contribution in [0.1, 0.15) is 112 Å². The smallest absolute Gasteiger partial charge is 0.255 e. The van der Waals surface area contributed by atoms with Gasteiger partial charge in [-0.1, -0.05) is 56.5 Å². The summed E-state index contributed by atoms with van der Waals surface area (Å²) in [4.78, 5) is 42.7. The number of unbranched alkanes of at least 4 members (excludes halogenated alkanes) is 7. The molecule has 54 heavy (non-hydrogen) atoms. The van der Waals surface area contributed by atoms with Crippen LogP contribution in [0.2, 0.25) is 5.02 Å². The van der Waals surface area contributed by atoms with Gasteiger partial charge in [-0.25, -0.2) is 0 Å². The van der Waals surface area contributed by atoms with Crippen molar-refractivity contribution < 1.29 is 44.7 Å². The van der Waals surface area contributed by atoms with E-state index in [0.29, 0.717) is 66.8 Å². The quantitative estimate of drug-likeness (QED) is 0.0630. The van der Waals surface area contributed by atoms with Crippen LogP contribution in [-0.4, -0.2) is 136 Å². The van der Waals surface area contributed by atoms with Crippen LogP contribution in [0.25, 0.3) is 0 Å². The molecule has 0 aromatic heterocycles. The van der Waals surface area contributed by atoms with Gasteiger partial charge >= 0.3 is 0 Å². The van der Waals surface area contributed by atoms with Gasteiger partial charge in [0.05, 0.1) is 35.6 Å². The van der Waals surface area contributed by atoms with Crippen LogP contribution in [0.4, 0.5) is 5.69 Å². The summed E-state index contributed by atoms with van der Waals surface area (Å²) >= 11 is 6.33. The second kappa shape index (κ2) is 22.7. The van der Waals surface area contributed by atoms with Gasteiger partial charge in [-0.3, -0.25) is 19.3 Å². The van der Waals surface area contributed by atoms with Gasteiger partial charge in [-0.15, -0.1) is 0 Å². The third kappa shape index (κ3) is 13.2. The summed E-state index contributed by atoms with van der Waals surface area (Å²) in [5.41, 5.74) is 7.87. The molecule has 1 aromatic rings. The van der Waals surface area contributed by atoms with Crippen molar-refractivity contribution in [2.45, 2.75) is 133 Å². The minimum absolute atomic E-state index is 0.181. The Bertz CT molecular complexity index is 1350. The molecule has 15 heteroatoms. The first-order valence-corrected chi connectivity index (χ1v) is 20.5. The topological polar surface area (TPSA) is 218 Å². The third-order valence-corrected chi connectivity index (χ3v) is 11.6. The highest BCUT2D eigenvalue weighted by Crippen LogP contribution is 2.38. The average molecular weight is 782 g/mol. The second-order valence-corrected chi connectivity index (χ2v) is 15.7. The minimum atomic E-state index is -1.72. The molecular weight excluding hydrogens is 718 g/mol. The highest BCUT2D eigenvalue weighted by atomic mass is 35.5. The fourth-order valence-electron chi connectivity index (χ4n) is 7.84. The number of halogens is 1. The molecule has 0 spiro atoms. The number of hydrogen-bond acceptors (Lipinski definition) is 11. The molecule has 0 saturated carbocycles. The maximum Gasteiger partial charge on any atom is 0.255 e. The summed E-state index contributed by atoms with van der Waals surface area (Å²) in [6, 6.07) is 1.89. The Morgan fingerprint density at radius 3 is 2.20 bits per heavy atom. The monoisotopic (exact) mass is 781 g/mol. The van der Waals surface area contributed by atoms with Gasteiger partial charge < -0.3 is 51.5 Å². The molecule has 0 aliphatic carbocycles. The molecule has 5 unspecified atom stereocenters. The number of piperidine rings is 2. The molecule has 1 aromatic carbocycles. The van der Waals surface area contributed by atoms with Crippen LogP contribution < -0.4 is 21.1 Å². The van der Waals surface area contributed by atoms with Crippen LogP contribution in [0.5, 0.6) is 5.75 Å². The van der Waals surface area contributed by atoms with E-state index in [2.05, 4.69) is 15.5 Å². The molecule has 306 valence electrons. The Balaban J connectivity index is 1.01. The summed E-state index contributed by atoms with van der Waals surface area (Å²) in [5.74, 6) is 0.902. The standard InChI is InChI=1S/C39H64ClN5O9/c40-30-21-29(38-28(35(30)41)16-20-54-38)39(53)43-22-27-11-9-10-17-45(27)24-26-14-18-44(19-15-26)34(50)13-8-6-4-2-1-3-5-7-12-33(49)42-23-31(47)36(51)37(52)32(48)25-46/h21,26-27,31-32,36-37,46-48,51-52H,1-20,22-25,41H2,(H,42,49)(H,43,53). The van der Waals surface area contributed by atoms with Crippen molar-refractivity contribution in [3.05, 3.63) is 22.2 Å². The molecule has 5 atom stereocenters. The van der Waals surface area contributed by atoms with Gasteiger partial charge in [0.1, 0.15) is 24.1 Å². The molecule has 0 bridgehead atoms. The van der Waals surface area contributed by atoms with Gasteiger partial charge in [0, 0.05) is 63.6 Å². The van der Waals surface area contributed by atoms with Crippen LogP contribution in [0.15, 0.2) is 6.07 Å². The molecule has 3 aliphatic rings. The second-order valence-electron chi connectivity index (χ2n) is 15.3.